The van der Waals surface area contributed by atoms with Crippen LogP contribution in [-0.2, 0) is 13.1 Å². The summed E-state index contributed by atoms with van der Waals surface area (Å²) >= 11 is 0. The van der Waals surface area contributed by atoms with Crippen LogP contribution in [0.5, 0.6) is 0 Å². The van der Waals surface area contributed by atoms with Crippen LogP contribution in [-0.4, -0.2) is 15.0 Å². The molecule has 0 bridgehead atoms. The number of hydrogen-bond donors (Lipinski definition) is 1. The van der Waals surface area contributed by atoms with E-state index < -0.39 is 0 Å². The fraction of sp³-hybridized carbons (Fsp3) is 0.182. The Morgan fingerprint density at radius 1 is 1.00 bits per heavy atom. The van der Waals surface area contributed by atoms with Gasteiger partial charge in [-0.05, 0) is 11.6 Å². The third-order valence-corrected chi connectivity index (χ3v) is 1.97. The van der Waals surface area contributed by atoms with Crippen LogP contribution in [0.4, 0.5) is 0 Å². The molecule has 1 N–H and O–H groups in total. The van der Waals surface area contributed by atoms with Crippen molar-refractivity contribution in [3.05, 3.63) is 54.4 Å². The SMILES string of the molecule is c1cncc(CNCc2cnccn2)c1. The third kappa shape index (κ3) is 3.11. The van der Waals surface area contributed by atoms with Crippen LogP contribution >= 0.6 is 0 Å². The van der Waals surface area contributed by atoms with Crippen LogP contribution in [0.2, 0.25) is 0 Å². The average molecular weight is 200 g/mol. The quantitative estimate of drug-likeness (QED) is 0.804. The van der Waals surface area contributed by atoms with Gasteiger partial charge in [-0.25, -0.2) is 0 Å². The Morgan fingerprint density at radius 2 is 1.93 bits per heavy atom. The molecule has 0 aliphatic carbocycles. The van der Waals surface area contributed by atoms with Crippen molar-refractivity contribution in [3.63, 3.8) is 0 Å². The Hall–Kier alpha value is -1.81. The molecule has 0 saturated carbocycles. The molecule has 0 atom stereocenters. The second kappa shape index (κ2) is 5.17. The van der Waals surface area contributed by atoms with E-state index in [-0.39, 0.29) is 0 Å². The highest BCUT2D eigenvalue weighted by molar-refractivity contribution is 5.08. The first-order valence-electron chi connectivity index (χ1n) is 4.79. The maximum absolute atomic E-state index is 4.17. The second-order valence-electron chi connectivity index (χ2n) is 3.16. The second-order valence-corrected chi connectivity index (χ2v) is 3.16. The molecule has 4 heteroatoms. The lowest BCUT2D eigenvalue weighted by Crippen LogP contribution is -2.13. The van der Waals surface area contributed by atoms with E-state index in [9.17, 15) is 0 Å². The molecular formula is C11H12N4. The van der Waals surface area contributed by atoms with E-state index in [4.69, 9.17) is 0 Å². The van der Waals surface area contributed by atoms with E-state index in [1.807, 2.05) is 18.3 Å². The fourth-order valence-corrected chi connectivity index (χ4v) is 1.26. The largest absolute Gasteiger partial charge is 0.307 e. The molecule has 2 rings (SSSR count). The Bertz CT molecular complexity index is 348. The van der Waals surface area contributed by atoms with E-state index in [2.05, 4.69) is 20.3 Å². The highest BCUT2D eigenvalue weighted by atomic mass is 14.9. The smallest absolute Gasteiger partial charge is 0.0724 e. The summed E-state index contributed by atoms with van der Waals surface area (Å²) in [7, 11) is 0. The summed E-state index contributed by atoms with van der Waals surface area (Å²) in [6.07, 6.45) is 8.75. The topological polar surface area (TPSA) is 50.7 Å². The highest BCUT2D eigenvalue weighted by Crippen LogP contribution is 1.95. The first kappa shape index (κ1) is 9.73. The molecule has 0 fully saturated rings. The van der Waals surface area contributed by atoms with Crippen LogP contribution in [0.25, 0.3) is 0 Å². The van der Waals surface area contributed by atoms with Crippen molar-refractivity contribution in [1.29, 1.82) is 0 Å². The molecule has 2 heterocycles. The Kier molecular flexibility index (Phi) is 3.35. The lowest BCUT2D eigenvalue weighted by Gasteiger charge is -2.03. The van der Waals surface area contributed by atoms with Crippen LogP contribution in [0.3, 0.4) is 0 Å². The lowest BCUT2D eigenvalue weighted by molar-refractivity contribution is 0.675. The molecule has 15 heavy (non-hydrogen) atoms. The number of rotatable bonds is 4. The first-order valence-corrected chi connectivity index (χ1v) is 4.79. The first-order chi connectivity index (χ1) is 7.45. The van der Waals surface area contributed by atoms with Crippen molar-refractivity contribution in [1.82, 2.24) is 20.3 Å². The van der Waals surface area contributed by atoms with Crippen molar-refractivity contribution in [2.24, 2.45) is 0 Å². The van der Waals surface area contributed by atoms with Gasteiger partial charge in [0.05, 0.1) is 5.69 Å². The average Bonchev–Trinajstić information content (AvgIpc) is 2.32. The van der Waals surface area contributed by atoms with Crippen molar-refractivity contribution >= 4 is 0 Å². The zero-order valence-corrected chi connectivity index (χ0v) is 8.30. The van der Waals surface area contributed by atoms with Gasteiger partial charge in [0.25, 0.3) is 0 Å². The van der Waals surface area contributed by atoms with Crippen molar-refractivity contribution in [2.45, 2.75) is 13.1 Å². The van der Waals surface area contributed by atoms with Crippen molar-refractivity contribution in [3.8, 4) is 0 Å². The third-order valence-electron chi connectivity index (χ3n) is 1.97. The van der Waals surface area contributed by atoms with Gasteiger partial charge in [0, 0.05) is 44.1 Å². The van der Waals surface area contributed by atoms with Gasteiger partial charge in [-0.15, -0.1) is 0 Å². The van der Waals surface area contributed by atoms with Gasteiger partial charge >= 0.3 is 0 Å². The summed E-state index contributed by atoms with van der Waals surface area (Å²) in [5.74, 6) is 0. The molecule has 0 spiro atoms. The molecule has 2 aromatic heterocycles. The van der Waals surface area contributed by atoms with E-state index in [1.165, 1.54) is 5.56 Å². The molecule has 0 unspecified atom stereocenters. The van der Waals surface area contributed by atoms with Crippen molar-refractivity contribution < 1.29 is 0 Å². The van der Waals surface area contributed by atoms with E-state index in [1.54, 1.807) is 24.8 Å². The molecule has 0 saturated heterocycles. The summed E-state index contributed by atoms with van der Waals surface area (Å²) in [6.45, 7) is 1.52. The number of aromatic nitrogens is 3. The normalized spacial score (nSPS) is 10.1. The Balaban J connectivity index is 1.81. The highest BCUT2D eigenvalue weighted by Gasteiger charge is 1.94. The Labute approximate surface area is 88.4 Å². The van der Waals surface area contributed by atoms with Gasteiger partial charge < -0.3 is 5.32 Å². The van der Waals surface area contributed by atoms with Crippen LogP contribution in [0.1, 0.15) is 11.3 Å². The predicted molar refractivity (Wildman–Crippen MR) is 56.8 cm³/mol. The van der Waals surface area contributed by atoms with E-state index in [0.717, 1.165) is 18.8 Å². The van der Waals surface area contributed by atoms with Gasteiger partial charge in [-0.2, -0.15) is 0 Å². The number of pyridine rings is 1. The summed E-state index contributed by atoms with van der Waals surface area (Å²) in [5, 5.41) is 3.28. The minimum Gasteiger partial charge on any atom is -0.307 e. The molecule has 76 valence electrons. The van der Waals surface area contributed by atoms with Gasteiger partial charge in [0.2, 0.25) is 0 Å². The predicted octanol–water partition coefficient (Wildman–Crippen LogP) is 1.16. The van der Waals surface area contributed by atoms with E-state index in [0.29, 0.717) is 0 Å². The van der Waals surface area contributed by atoms with Crippen LogP contribution in [0, 0.1) is 0 Å². The zero-order chi connectivity index (χ0) is 10.3. The van der Waals surface area contributed by atoms with Crippen molar-refractivity contribution in [2.75, 3.05) is 0 Å². The number of nitrogens with one attached hydrogen (secondary N) is 1. The molecular weight excluding hydrogens is 188 g/mol. The molecule has 4 nitrogen and oxygen atoms in total. The fourth-order valence-electron chi connectivity index (χ4n) is 1.26. The number of nitrogens with zero attached hydrogens (tertiary/aromatic N) is 3. The molecule has 0 aliphatic heterocycles. The maximum atomic E-state index is 4.17. The van der Waals surface area contributed by atoms with E-state index >= 15 is 0 Å². The summed E-state index contributed by atoms with van der Waals surface area (Å²) in [6, 6.07) is 3.97. The zero-order valence-electron chi connectivity index (χ0n) is 8.30. The van der Waals surface area contributed by atoms with Gasteiger partial charge in [-0.1, -0.05) is 6.07 Å². The minimum atomic E-state index is 0.725. The van der Waals surface area contributed by atoms with Crippen LogP contribution < -0.4 is 5.32 Å². The minimum absolute atomic E-state index is 0.725. The summed E-state index contributed by atoms with van der Waals surface area (Å²) < 4.78 is 0. The van der Waals surface area contributed by atoms with Gasteiger partial charge in [-0.3, -0.25) is 15.0 Å². The monoisotopic (exact) mass is 200 g/mol. The molecule has 0 radical (unpaired) electrons. The molecule has 2 aromatic rings. The number of hydrogen-bond acceptors (Lipinski definition) is 4. The summed E-state index contributed by atoms with van der Waals surface area (Å²) in [5.41, 5.74) is 2.11. The molecule has 0 aliphatic rings. The molecule has 0 amide bonds. The van der Waals surface area contributed by atoms with Crippen LogP contribution in [0.15, 0.2) is 43.1 Å². The van der Waals surface area contributed by atoms with Gasteiger partial charge in [0.1, 0.15) is 0 Å². The molecule has 0 aromatic carbocycles. The standard InChI is InChI=1S/C11H12N4/c1-2-10(6-12-3-1)7-14-9-11-8-13-4-5-15-11/h1-6,8,14H,7,9H2. The summed E-state index contributed by atoms with van der Waals surface area (Å²) in [4.78, 5) is 12.2. The maximum Gasteiger partial charge on any atom is 0.0724 e. The lowest BCUT2D eigenvalue weighted by atomic mass is 10.3. The van der Waals surface area contributed by atoms with Gasteiger partial charge in [0.15, 0.2) is 0 Å². The Morgan fingerprint density at radius 3 is 2.67 bits per heavy atom.